The van der Waals surface area contributed by atoms with Crippen molar-refractivity contribution >= 4 is 11.6 Å². The summed E-state index contributed by atoms with van der Waals surface area (Å²) in [4.78, 5) is 21.2. The molecule has 3 heterocycles. The first-order chi connectivity index (χ1) is 15.8. The number of carbonyl (C=O) groups excluding carboxylic acids is 1. The van der Waals surface area contributed by atoms with Crippen molar-refractivity contribution in [2.75, 3.05) is 5.32 Å². The van der Waals surface area contributed by atoms with E-state index in [4.69, 9.17) is 9.15 Å². The van der Waals surface area contributed by atoms with Crippen LogP contribution in [-0.2, 0) is 0 Å². The highest BCUT2D eigenvalue weighted by molar-refractivity contribution is 6.04. The number of carbonyl (C=O) groups is 1. The second-order valence-corrected chi connectivity index (χ2v) is 6.75. The number of nitrogens with zero attached hydrogens (tertiary/aromatic N) is 4. The Morgan fingerprint density at radius 2 is 1.69 bits per heavy atom. The molecule has 0 radical (unpaired) electrons. The molecule has 3 aromatic heterocycles. The number of hydrogen-bond acceptors (Lipinski definition) is 6. The first kappa shape index (κ1) is 19.3. The summed E-state index contributed by atoms with van der Waals surface area (Å²) in [5.74, 6) is 0.834. The van der Waals surface area contributed by atoms with Gasteiger partial charge in [0, 0.05) is 24.1 Å². The highest BCUT2D eigenvalue weighted by atomic mass is 16.5. The quantitative estimate of drug-likeness (QED) is 0.414. The molecule has 0 aliphatic rings. The number of ether oxygens (including phenoxy) is 1. The number of anilines is 1. The molecular formula is C24H17N5O3. The van der Waals surface area contributed by atoms with E-state index in [1.165, 1.54) is 0 Å². The van der Waals surface area contributed by atoms with Crippen LogP contribution in [0.3, 0.4) is 0 Å². The molecule has 1 amide bonds. The zero-order valence-corrected chi connectivity index (χ0v) is 16.8. The van der Waals surface area contributed by atoms with Crippen LogP contribution in [0, 0.1) is 0 Å². The maximum absolute atomic E-state index is 13.1. The van der Waals surface area contributed by atoms with E-state index in [1.54, 1.807) is 71.9 Å². The Labute approximate surface area is 183 Å². The van der Waals surface area contributed by atoms with Gasteiger partial charge in [0.25, 0.3) is 5.91 Å². The minimum Gasteiger partial charge on any atom is -0.463 e. The number of aromatic nitrogens is 4. The summed E-state index contributed by atoms with van der Waals surface area (Å²) < 4.78 is 12.6. The van der Waals surface area contributed by atoms with Crippen molar-refractivity contribution in [2.45, 2.75) is 0 Å². The number of hydrogen-bond donors (Lipinski definition) is 1. The highest BCUT2D eigenvalue weighted by Gasteiger charge is 2.19. The summed E-state index contributed by atoms with van der Waals surface area (Å²) in [6.07, 6.45) is 4.77. The molecule has 0 saturated carbocycles. The van der Waals surface area contributed by atoms with Crippen molar-refractivity contribution in [2.24, 2.45) is 0 Å². The van der Waals surface area contributed by atoms with Crippen molar-refractivity contribution in [3.8, 4) is 28.9 Å². The molecule has 1 N–H and O–H groups in total. The van der Waals surface area contributed by atoms with Crippen LogP contribution in [0.5, 0.6) is 11.8 Å². The smallest absolute Gasteiger partial charge is 0.321 e. The third-order valence-corrected chi connectivity index (χ3v) is 4.58. The molecule has 5 rings (SSSR count). The number of para-hydroxylation sites is 1. The lowest BCUT2D eigenvalue weighted by Gasteiger charge is -2.09. The fourth-order valence-electron chi connectivity index (χ4n) is 3.10. The van der Waals surface area contributed by atoms with Crippen molar-refractivity contribution < 1.29 is 13.9 Å². The average molecular weight is 423 g/mol. The molecule has 0 atom stereocenters. The lowest BCUT2D eigenvalue weighted by molar-refractivity contribution is 0.101. The number of furan rings is 1. The SMILES string of the molecule is O=C(Nc1ccc(Oc2ncccn2)cc1)c1cc(-c2ccco2)nn1-c1ccccc1. The van der Waals surface area contributed by atoms with Gasteiger partial charge in [0.15, 0.2) is 5.76 Å². The third kappa shape index (κ3) is 4.10. The van der Waals surface area contributed by atoms with Gasteiger partial charge in [-0.1, -0.05) is 18.2 Å². The van der Waals surface area contributed by atoms with E-state index in [9.17, 15) is 4.79 Å². The summed E-state index contributed by atoms with van der Waals surface area (Å²) in [5, 5.41) is 7.48. The van der Waals surface area contributed by atoms with Crippen molar-refractivity contribution in [1.82, 2.24) is 19.7 Å². The molecule has 8 nitrogen and oxygen atoms in total. The first-order valence-corrected chi connectivity index (χ1v) is 9.82. The number of rotatable bonds is 6. The summed E-state index contributed by atoms with van der Waals surface area (Å²) in [7, 11) is 0. The zero-order chi connectivity index (χ0) is 21.8. The predicted molar refractivity (Wildman–Crippen MR) is 118 cm³/mol. The van der Waals surface area contributed by atoms with Crippen LogP contribution in [0.25, 0.3) is 17.1 Å². The van der Waals surface area contributed by atoms with E-state index in [0.717, 1.165) is 5.69 Å². The molecule has 5 aromatic rings. The Morgan fingerprint density at radius 1 is 0.906 bits per heavy atom. The van der Waals surface area contributed by atoms with Gasteiger partial charge in [-0.25, -0.2) is 14.6 Å². The van der Waals surface area contributed by atoms with Crippen LogP contribution in [-0.4, -0.2) is 25.7 Å². The van der Waals surface area contributed by atoms with Crippen molar-refractivity contribution in [1.29, 1.82) is 0 Å². The average Bonchev–Trinajstić information content (AvgIpc) is 3.52. The zero-order valence-electron chi connectivity index (χ0n) is 16.8. The summed E-state index contributed by atoms with van der Waals surface area (Å²) in [6.45, 7) is 0. The van der Waals surface area contributed by atoms with Crippen LogP contribution in [0.4, 0.5) is 5.69 Å². The molecule has 0 spiro atoms. The maximum Gasteiger partial charge on any atom is 0.321 e. The third-order valence-electron chi connectivity index (χ3n) is 4.58. The Morgan fingerprint density at radius 3 is 2.41 bits per heavy atom. The van der Waals surface area contributed by atoms with E-state index >= 15 is 0 Å². The molecule has 8 heteroatoms. The fourth-order valence-corrected chi connectivity index (χ4v) is 3.10. The Balaban J connectivity index is 1.39. The van der Waals surface area contributed by atoms with E-state index < -0.39 is 0 Å². The molecule has 2 aromatic carbocycles. The van der Waals surface area contributed by atoms with Gasteiger partial charge in [-0.2, -0.15) is 5.10 Å². The number of amides is 1. The monoisotopic (exact) mass is 423 g/mol. The second kappa shape index (κ2) is 8.57. The second-order valence-electron chi connectivity index (χ2n) is 6.75. The van der Waals surface area contributed by atoms with Gasteiger partial charge >= 0.3 is 6.01 Å². The molecule has 0 saturated heterocycles. The molecular weight excluding hydrogens is 406 g/mol. The van der Waals surface area contributed by atoms with Crippen LogP contribution < -0.4 is 10.1 Å². The lowest BCUT2D eigenvalue weighted by atomic mass is 10.2. The summed E-state index contributed by atoms with van der Waals surface area (Å²) >= 11 is 0. The summed E-state index contributed by atoms with van der Waals surface area (Å²) in [6, 6.07) is 23.6. The van der Waals surface area contributed by atoms with Gasteiger partial charge in [0.2, 0.25) is 0 Å². The minimum atomic E-state index is -0.306. The molecule has 0 aliphatic heterocycles. The van der Waals surface area contributed by atoms with Crippen LogP contribution in [0.1, 0.15) is 10.5 Å². The number of nitrogens with one attached hydrogen (secondary N) is 1. The molecule has 0 unspecified atom stereocenters. The molecule has 0 bridgehead atoms. The van der Waals surface area contributed by atoms with Crippen LogP contribution >= 0.6 is 0 Å². The number of benzene rings is 2. The lowest BCUT2D eigenvalue weighted by Crippen LogP contribution is -2.16. The van der Waals surface area contributed by atoms with Crippen molar-refractivity contribution in [3.63, 3.8) is 0 Å². The Bertz CT molecular complexity index is 1320. The highest BCUT2D eigenvalue weighted by Crippen LogP contribution is 2.24. The van der Waals surface area contributed by atoms with Crippen LogP contribution in [0.2, 0.25) is 0 Å². The van der Waals surface area contributed by atoms with Crippen LogP contribution in [0.15, 0.2) is 102 Å². The van der Waals surface area contributed by atoms with Gasteiger partial charge in [-0.15, -0.1) is 0 Å². The van der Waals surface area contributed by atoms with Crippen molar-refractivity contribution in [3.05, 3.63) is 103 Å². The standard InChI is InChI=1S/C24H17N5O3/c30-23(27-17-9-11-19(12-10-17)32-24-25-13-5-14-26-24)21-16-20(22-8-4-15-31-22)28-29(21)18-6-2-1-3-7-18/h1-16H,(H,27,30). The van der Waals surface area contributed by atoms with E-state index in [-0.39, 0.29) is 11.9 Å². The Kier molecular flexibility index (Phi) is 5.15. The summed E-state index contributed by atoms with van der Waals surface area (Å²) in [5.41, 5.74) is 2.31. The molecule has 0 fully saturated rings. The van der Waals surface area contributed by atoms with Gasteiger partial charge in [-0.05, 0) is 54.6 Å². The predicted octanol–water partition coefficient (Wildman–Crippen LogP) is 4.97. The first-order valence-electron chi connectivity index (χ1n) is 9.82. The molecule has 32 heavy (non-hydrogen) atoms. The fraction of sp³-hybridized carbons (Fsp3) is 0. The normalized spacial score (nSPS) is 10.6. The van der Waals surface area contributed by atoms with E-state index in [0.29, 0.717) is 28.6 Å². The maximum atomic E-state index is 13.1. The minimum absolute atomic E-state index is 0.251. The molecule has 156 valence electrons. The van der Waals surface area contributed by atoms with Gasteiger partial charge in [0.05, 0.1) is 12.0 Å². The topological polar surface area (TPSA) is 95.1 Å². The van der Waals surface area contributed by atoms with E-state index in [2.05, 4.69) is 20.4 Å². The van der Waals surface area contributed by atoms with Gasteiger partial charge in [0.1, 0.15) is 17.1 Å². The van der Waals surface area contributed by atoms with E-state index in [1.807, 2.05) is 30.3 Å². The van der Waals surface area contributed by atoms with Gasteiger partial charge < -0.3 is 14.5 Å². The van der Waals surface area contributed by atoms with Gasteiger partial charge in [-0.3, -0.25) is 4.79 Å². The Hall–Kier alpha value is -4.72. The molecule has 0 aliphatic carbocycles. The largest absolute Gasteiger partial charge is 0.463 e.